The van der Waals surface area contributed by atoms with Gasteiger partial charge < -0.3 is 14.6 Å². The van der Waals surface area contributed by atoms with E-state index in [1.807, 2.05) is 42.5 Å². The average molecular weight is 405 g/mol. The van der Waals surface area contributed by atoms with E-state index < -0.39 is 0 Å². The number of ether oxygens (including phenoxy) is 1. The van der Waals surface area contributed by atoms with Gasteiger partial charge in [-0.25, -0.2) is 9.97 Å². The maximum absolute atomic E-state index is 6.09. The summed E-state index contributed by atoms with van der Waals surface area (Å²) in [5.41, 5.74) is 4.08. The standard InChI is InChI=1S/C23H21ClN4O/c24-17-8-10-18(11-9-17)28-14-20(16-5-2-1-3-6-16)21-22(26-15-27-23(21)28)25-13-19-7-4-12-29-19/h1-3,5-6,8-11,14-15,19H,4,7,12-13H2,(H,25,26,27). The van der Waals surface area contributed by atoms with Crippen LogP contribution in [0.25, 0.3) is 27.8 Å². The predicted octanol–water partition coefficient (Wildman–Crippen LogP) is 5.33. The van der Waals surface area contributed by atoms with E-state index in [1.165, 1.54) is 0 Å². The highest BCUT2D eigenvalue weighted by Gasteiger charge is 2.19. The molecular weight excluding hydrogens is 384 g/mol. The number of halogens is 1. The van der Waals surface area contributed by atoms with Gasteiger partial charge >= 0.3 is 0 Å². The summed E-state index contributed by atoms with van der Waals surface area (Å²) in [5.74, 6) is 0.831. The van der Waals surface area contributed by atoms with Crippen LogP contribution in [0.4, 0.5) is 5.82 Å². The lowest BCUT2D eigenvalue weighted by Crippen LogP contribution is -2.19. The van der Waals surface area contributed by atoms with Gasteiger partial charge in [-0.3, -0.25) is 0 Å². The Bertz CT molecular complexity index is 1120. The smallest absolute Gasteiger partial charge is 0.150 e. The van der Waals surface area contributed by atoms with Gasteiger partial charge in [0, 0.05) is 35.6 Å². The van der Waals surface area contributed by atoms with Gasteiger partial charge in [-0.15, -0.1) is 0 Å². The molecule has 0 bridgehead atoms. The normalized spacial score (nSPS) is 16.4. The lowest BCUT2D eigenvalue weighted by atomic mass is 10.1. The summed E-state index contributed by atoms with van der Waals surface area (Å²) in [7, 11) is 0. The highest BCUT2D eigenvalue weighted by atomic mass is 35.5. The van der Waals surface area contributed by atoms with Crippen LogP contribution >= 0.6 is 11.6 Å². The molecule has 1 N–H and O–H groups in total. The molecule has 3 heterocycles. The summed E-state index contributed by atoms with van der Waals surface area (Å²) in [6.45, 7) is 1.58. The van der Waals surface area contributed by atoms with Gasteiger partial charge in [0.05, 0.1) is 11.5 Å². The fraction of sp³-hybridized carbons (Fsp3) is 0.217. The Balaban J connectivity index is 1.65. The SMILES string of the molecule is Clc1ccc(-n2cc(-c3ccccc3)c3c(NCC4CCCO4)ncnc32)cc1. The molecule has 1 unspecified atom stereocenters. The van der Waals surface area contributed by atoms with Gasteiger partial charge in [0.2, 0.25) is 0 Å². The lowest BCUT2D eigenvalue weighted by molar-refractivity contribution is 0.120. The molecule has 1 aliphatic rings. The number of fused-ring (bicyclic) bond motifs is 1. The highest BCUT2D eigenvalue weighted by Crippen LogP contribution is 2.35. The van der Waals surface area contributed by atoms with E-state index in [2.05, 4.69) is 38.2 Å². The Kier molecular flexibility index (Phi) is 4.92. The van der Waals surface area contributed by atoms with Crippen molar-refractivity contribution in [2.75, 3.05) is 18.5 Å². The minimum Gasteiger partial charge on any atom is -0.376 e. The zero-order chi connectivity index (χ0) is 19.6. The van der Waals surface area contributed by atoms with Gasteiger partial charge in [-0.2, -0.15) is 0 Å². The number of nitrogens with zero attached hydrogens (tertiary/aromatic N) is 3. The summed E-state index contributed by atoms with van der Waals surface area (Å²) in [6, 6.07) is 18.1. The van der Waals surface area contributed by atoms with E-state index in [4.69, 9.17) is 16.3 Å². The molecule has 0 radical (unpaired) electrons. The van der Waals surface area contributed by atoms with Crippen LogP contribution in [0.2, 0.25) is 5.02 Å². The van der Waals surface area contributed by atoms with Gasteiger partial charge in [0.15, 0.2) is 5.65 Å². The lowest BCUT2D eigenvalue weighted by Gasteiger charge is -2.12. The number of rotatable bonds is 5. The van der Waals surface area contributed by atoms with Crippen molar-refractivity contribution in [2.45, 2.75) is 18.9 Å². The van der Waals surface area contributed by atoms with Crippen LogP contribution in [0, 0.1) is 0 Å². The Labute approximate surface area is 174 Å². The third kappa shape index (κ3) is 3.59. The molecular formula is C23H21ClN4O. The van der Waals surface area contributed by atoms with Crippen LogP contribution in [-0.4, -0.2) is 33.8 Å². The molecule has 1 fully saturated rings. The van der Waals surface area contributed by atoms with Gasteiger partial charge in [0.25, 0.3) is 0 Å². The monoisotopic (exact) mass is 404 g/mol. The first-order valence-corrected chi connectivity index (χ1v) is 10.2. The van der Waals surface area contributed by atoms with Crippen molar-refractivity contribution in [1.29, 1.82) is 0 Å². The zero-order valence-electron chi connectivity index (χ0n) is 15.9. The van der Waals surface area contributed by atoms with Gasteiger partial charge in [-0.05, 0) is 42.7 Å². The number of hydrogen-bond acceptors (Lipinski definition) is 4. The Morgan fingerprint density at radius 2 is 1.90 bits per heavy atom. The van der Waals surface area contributed by atoms with Gasteiger partial charge in [-0.1, -0.05) is 41.9 Å². The van der Waals surface area contributed by atoms with Crippen molar-refractivity contribution in [3.8, 4) is 16.8 Å². The Morgan fingerprint density at radius 1 is 1.07 bits per heavy atom. The number of hydrogen-bond donors (Lipinski definition) is 1. The fourth-order valence-electron chi connectivity index (χ4n) is 3.85. The first-order chi connectivity index (χ1) is 14.3. The van der Waals surface area contributed by atoms with Gasteiger partial charge in [0.1, 0.15) is 12.1 Å². The van der Waals surface area contributed by atoms with Crippen LogP contribution in [0.5, 0.6) is 0 Å². The molecule has 4 aromatic rings. The Morgan fingerprint density at radius 3 is 2.66 bits per heavy atom. The van der Waals surface area contributed by atoms with Crippen molar-refractivity contribution in [3.05, 3.63) is 72.1 Å². The molecule has 0 spiro atoms. The number of anilines is 1. The molecule has 5 rings (SSSR count). The number of aromatic nitrogens is 3. The average Bonchev–Trinajstić information content (AvgIpc) is 3.42. The highest BCUT2D eigenvalue weighted by molar-refractivity contribution is 6.30. The molecule has 0 aliphatic carbocycles. The molecule has 6 heteroatoms. The molecule has 0 amide bonds. The van der Waals surface area contributed by atoms with Crippen molar-refractivity contribution >= 4 is 28.5 Å². The molecule has 1 aliphatic heterocycles. The first-order valence-electron chi connectivity index (χ1n) is 9.82. The third-order valence-electron chi connectivity index (χ3n) is 5.29. The van der Waals surface area contributed by atoms with Crippen LogP contribution in [0.1, 0.15) is 12.8 Å². The second-order valence-corrected chi connectivity index (χ2v) is 7.63. The van der Waals surface area contributed by atoms with Crippen LogP contribution in [0.3, 0.4) is 0 Å². The molecule has 29 heavy (non-hydrogen) atoms. The predicted molar refractivity (Wildman–Crippen MR) is 117 cm³/mol. The van der Waals surface area contributed by atoms with E-state index in [9.17, 15) is 0 Å². The first kappa shape index (κ1) is 18.2. The van der Waals surface area contributed by atoms with E-state index in [-0.39, 0.29) is 6.10 Å². The van der Waals surface area contributed by atoms with E-state index in [0.717, 1.165) is 59.7 Å². The topological polar surface area (TPSA) is 52.0 Å². The Hall–Kier alpha value is -2.89. The molecule has 5 nitrogen and oxygen atoms in total. The second-order valence-electron chi connectivity index (χ2n) is 7.19. The minimum absolute atomic E-state index is 0.235. The molecule has 1 saturated heterocycles. The second kappa shape index (κ2) is 7.85. The van der Waals surface area contributed by atoms with Crippen molar-refractivity contribution < 1.29 is 4.74 Å². The summed E-state index contributed by atoms with van der Waals surface area (Å²) < 4.78 is 7.85. The number of benzene rings is 2. The zero-order valence-corrected chi connectivity index (χ0v) is 16.6. The van der Waals surface area contributed by atoms with Crippen molar-refractivity contribution in [3.63, 3.8) is 0 Å². The van der Waals surface area contributed by atoms with Crippen LogP contribution < -0.4 is 5.32 Å². The molecule has 2 aromatic carbocycles. The van der Waals surface area contributed by atoms with E-state index >= 15 is 0 Å². The number of nitrogens with one attached hydrogen (secondary N) is 1. The largest absolute Gasteiger partial charge is 0.376 e. The summed E-state index contributed by atoms with van der Waals surface area (Å²) in [6.07, 6.45) is 6.17. The van der Waals surface area contributed by atoms with Crippen molar-refractivity contribution in [1.82, 2.24) is 14.5 Å². The van der Waals surface area contributed by atoms with Crippen molar-refractivity contribution in [2.24, 2.45) is 0 Å². The quantitative estimate of drug-likeness (QED) is 0.488. The van der Waals surface area contributed by atoms with Crippen LogP contribution in [-0.2, 0) is 4.74 Å². The van der Waals surface area contributed by atoms with E-state index in [0.29, 0.717) is 5.02 Å². The molecule has 2 aromatic heterocycles. The summed E-state index contributed by atoms with van der Waals surface area (Å²) >= 11 is 6.09. The third-order valence-corrected chi connectivity index (χ3v) is 5.55. The molecule has 146 valence electrons. The minimum atomic E-state index is 0.235. The summed E-state index contributed by atoms with van der Waals surface area (Å²) in [5, 5.41) is 5.22. The molecule has 1 atom stereocenters. The maximum atomic E-state index is 6.09. The van der Waals surface area contributed by atoms with E-state index in [1.54, 1.807) is 6.33 Å². The maximum Gasteiger partial charge on any atom is 0.150 e. The summed E-state index contributed by atoms with van der Waals surface area (Å²) in [4.78, 5) is 9.18. The van der Waals surface area contributed by atoms with Crippen LogP contribution in [0.15, 0.2) is 67.1 Å². The molecule has 0 saturated carbocycles. The fourth-order valence-corrected chi connectivity index (χ4v) is 3.97.